The highest BCUT2D eigenvalue weighted by Crippen LogP contribution is 2.20. The number of halogens is 2. The van der Waals surface area contributed by atoms with E-state index in [0.29, 0.717) is 14.5 Å². The first-order valence-corrected chi connectivity index (χ1v) is 7.30. The number of amides is 1. The van der Waals surface area contributed by atoms with Gasteiger partial charge in [-0.3, -0.25) is 4.79 Å². The third kappa shape index (κ3) is 4.62. The zero-order valence-corrected chi connectivity index (χ0v) is 13.7. The number of carbonyl (C=O) groups excluding carboxylic acids is 1. The lowest BCUT2D eigenvalue weighted by molar-refractivity contribution is -0.140. The highest BCUT2D eigenvalue weighted by molar-refractivity contribution is 9.11. The summed E-state index contributed by atoms with van der Waals surface area (Å²) >= 11 is 6.52. The fourth-order valence-corrected chi connectivity index (χ4v) is 2.91. The van der Waals surface area contributed by atoms with Gasteiger partial charge in [0.15, 0.2) is 0 Å². The first kappa shape index (κ1) is 16.7. The van der Waals surface area contributed by atoms with Crippen LogP contribution >= 0.6 is 31.9 Å². The molecular formula is C13H12Br2N2O3. The predicted molar refractivity (Wildman–Crippen MR) is 80.1 cm³/mol. The van der Waals surface area contributed by atoms with Crippen LogP contribution in [-0.4, -0.2) is 23.0 Å². The number of aliphatic carboxylic acids is 1. The van der Waals surface area contributed by atoms with Crippen molar-refractivity contribution >= 4 is 43.7 Å². The maximum absolute atomic E-state index is 12.1. The number of benzene rings is 1. The summed E-state index contributed by atoms with van der Waals surface area (Å²) in [7, 11) is 0. The van der Waals surface area contributed by atoms with Crippen molar-refractivity contribution < 1.29 is 14.7 Å². The molecule has 0 aromatic heterocycles. The topological polar surface area (TPSA) is 90.2 Å². The summed E-state index contributed by atoms with van der Waals surface area (Å²) < 4.78 is 1.41. The zero-order chi connectivity index (χ0) is 15.3. The fraction of sp³-hybridized carbons (Fsp3) is 0.308. The minimum atomic E-state index is -1.16. The third-order valence-corrected chi connectivity index (χ3v) is 3.58. The molecule has 0 heterocycles. The van der Waals surface area contributed by atoms with Crippen molar-refractivity contribution in [1.29, 1.82) is 5.26 Å². The fourth-order valence-electron chi connectivity index (χ4n) is 1.62. The van der Waals surface area contributed by atoms with Crippen LogP contribution in [0.2, 0.25) is 0 Å². The lowest BCUT2D eigenvalue weighted by Crippen LogP contribution is -2.45. The molecule has 0 aliphatic carbocycles. The van der Waals surface area contributed by atoms with Crippen LogP contribution in [0.1, 0.15) is 23.7 Å². The van der Waals surface area contributed by atoms with Crippen molar-refractivity contribution in [3.63, 3.8) is 0 Å². The summed E-state index contributed by atoms with van der Waals surface area (Å²) in [6.45, 7) is 1.61. The molecule has 1 aromatic rings. The van der Waals surface area contributed by atoms with E-state index in [9.17, 15) is 9.59 Å². The summed E-state index contributed by atoms with van der Waals surface area (Å²) in [4.78, 5) is 23.2. The van der Waals surface area contributed by atoms with E-state index >= 15 is 0 Å². The van der Waals surface area contributed by atoms with Crippen molar-refractivity contribution in [1.82, 2.24) is 5.32 Å². The van der Waals surface area contributed by atoms with Gasteiger partial charge in [-0.05, 0) is 18.2 Å². The van der Waals surface area contributed by atoms with E-state index in [2.05, 4.69) is 37.2 Å². The monoisotopic (exact) mass is 402 g/mol. The van der Waals surface area contributed by atoms with E-state index < -0.39 is 23.8 Å². The largest absolute Gasteiger partial charge is 0.480 e. The second-order valence-corrected chi connectivity index (χ2v) is 6.12. The number of rotatable bonds is 5. The molecule has 20 heavy (non-hydrogen) atoms. The number of hydrogen-bond donors (Lipinski definition) is 2. The summed E-state index contributed by atoms with van der Waals surface area (Å²) in [5.74, 6) is -2.13. The van der Waals surface area contributed by atoms with E-state index in [1.165, 1.54) is 0 Å². The van der Waals surface area contributed by atoms with Crippen LogP contribution in [0.15, 0.2) is 27.1 Å². The smallest absolute Gasteiger partial charge is 0.326 e. The van der Waals surface area contributed by atoms with E-state index in [0.717, 1.165) is 0 Å². The van der Waals surface area contributed by atoms with Crippen LogP contribution in [-0.2, 0) is 4.79 Å². The Morgan fingerprint density at radius 3 is 2.35 bits per heavy atom. The molecule has 1 aromatic carbocycles. The van der Waals surface area contributed by atoms with Crippen molar-refractivity contribution in [2.24, 2.45) is 5.92 Å². The molecule has 0 bridgehead atoms. The van der Waals surface area contributed by atoms with Crippen molar-refractivity contribution in [3.8, 4) is 6.07 Å². The molecule has 5 nitrogen and oxygen atoms in total. The second-order valence-electron chi connectivity index (χ2n) is 4.29. The summed E-state index contributed by atoms with van der Waals surface area (Å²) in [6.07, 6.45) is 0.0550. The van der Waals surface area contributed by atoms with Crippen LogP contribution < -0.4 is 5.32 Å². The van der Waals surface area contributed by atoms with E-state index in [-0.39, 0.29) is 6.42 Å². The molecule has 1 amide bonds. The summed E-state index contributed by atoms with van der Waals surface area (Å²) in [5.41, 5.74) is 0.335. The average Bonchev–Trinajstić information content (AvgIpc) is 2.34. The lowest BCUT2D eigenvalue weighted by Gasteiger charge is -2.19. The molecule has 0 radical (unpaired) electrons. The molecule has 7 heteroatoms. The quantitative estimate of drug-likeness (QED) is 0.790. The second kappa shape index (κ2) is 7.41. The maximum atomic E-state index is 12.1. The van der Waals surface area contributed by atoms with Gasteiger partial charge in [0.1, 0.15) is 6.04 Å². The molecule has 0 aliphatic rings. The van der Waals surface area contributed by atoms with Crippen LogP contribution in [0.3, 0.4) is 0 Å². The van der Waals surface area contributed by atoms with Crippen LogP contribution in [0.5, 0.6) is 0 Å². The summed E-state index contributed by atoms with van der Waals surface area (Å²) in [6, 6.07) is 5.76. The number of carboxylic acid groups (broad SMARTS) is 1. The number of nitrogens with zero attached hydrogens (tertiary/aromatic N) is 1. The molecule has 1 rings (SSSR count). The van der Waals surface area contributed by atoms with E-state index in [1.807, 2.05) is 6.07 Å². The van der Waals surface area contributed by atoms with Gasteiger partial charge in [-0.15, -0.1) is 0 Å². The Balaban J connectivity index is 2.91. The molecule has 0 spiro atoms. The minimum absolute atomic E-state index is 0.0550. The number of nitriles is 1. The Bertz CT molecular complexity index is 549. The molecule has 0 aliphatic heterocycles. The number of carbonyl (C=O) groups is 2. The molecule has 106 valence electrons. The Morgan fingerprint density at radius 1 is 1.35 bits per heavy atom. The Morgan fingerprint density at radius 2 is 1.90 bits per heavy atom. The van der Waals surface area contributed by atoms with Gasteiger partial charge in [-0.2, -0.15) is 5.26 Å². The van der Waals surface area contributed by atoms with E-state index in [1.54, 1.807) is 25.1 Å². The van der Waals surface area contributed by atoms with Gasteiger partial charge in [0.05, 0.1) is 6.07 Å². The number of nitrogens with one attached hydrogen (secondary N) is 1. The number of carboxylic acids is 1. The molecule has 0 unspecified atom stereocenters. The molecule has 0 saturated carbocycles. The zero-order valence-electron chi connectivity index (χ0n) is 10.6. The Kier molecular flexibility index (Phi) is 6.17. The predicted octanol–water partition coefficient (Wildman–Crippen LogP) is 2.94. The molecule has 2 atom stereocenters. The van der Waals surface area contributed by atoms with Crippen LogP contribution in [0.4, 0.5) is 0 Å². The highest BCUT2D eigenvalue weighted by Gasteiger charge is 2.26. The minimum Gasteiger partial charge on any atom is -0.480 e. The number of hydrogen-bond acceptors (Lipinski definition) is 3. The van der Waals surface area contributed by atoms with Crippen LogP contribution in [0.25, 0.3) is 0 Å². The lowest BCUT2D eigenvalue weighted by atomic mass is 9.98. The first-order valence-electron chi connectivity index (χ1n) is 5.72. The van der Waals surface area contributed by atoms with Crippen LogP contribution in [0, 0.1) is 17.2 Å². The van der Waals surface area contributed by atoms with Gasteiger partial charge in [-0.25, -0.2) is 4.79 Å². The van der Waals surface area contributed by atoms with Crippen molar-refractivity contribution in [2.45, 2.75) is 19.4 Å². The Hall–Kier alpha value is -1.39. The van der Waals surface area contributed by atoms with Gasteiger partial charge in [0.2, 0.25) is 0 Å². The highest BCUT2D eigenvalue weighted by atomic mass is 79.9. The van der Waals surface area contributed by atoms with Crippen molar-refractivity contribution in [2.75, 3.05) is 0 Å². The Labute approximate surface area is 133 Å². The standard InChI is InChI=1S/C13H12Br2N2O3/c1-7(2-3-16)11(13(19)20)17-12(18)8-4-9(14)6-10(15)5-8/h4-7,11H,2H2,1H3,(H,17,18)(H,19,20)/t7-,11-/m1/s1. The maximum Gasteiger partial charge on any atom is 0.326 e. The average molecular weight is 404 g/mol. The van der Waals surface area contributed by atoms with Gasteiger partial charge in [0, 0.05) is 26.8 Å². The van der Waals surface area contributed by atoms with Gasteiger partial charge >= 0.3 is 5.97 Å². The third-order valence-electron chi connectivity index (χ3n) is 2.66. The first-order chi connectivity index (χ1) is 9.35. The van der Waals surface area contributed by atoms with Gasteiger partial charge in [-0.1, -0.05) is 38.8 Å². The van der Waals surface area contributed by atoms with Gasteiger partial charge < -0.3 is 10.4 Å². The summed E-state index contributed by atoms with van der Waals surface area (Å²) in [5, 5.41) is 20.2. The van der Waals surface area contributed by atoms with Crippen molar-refractivity contribution in [3.05, 3.63) is 32.7 Å². The van der Waals surface area contributed by atoms with Gasteiger partial charge in [0.25, 0.3) is 5.91 Å². The van der Waals surface area contributed by atoms with E-state index in [4.69, 9.17) is 10.4 Å². The molecule has 0 fully saturated rings. The molecule has 2 N–H and O–H groups in total. The molecule has 0 saturated heterocycles. The normalized spacial score (nSPS) is 13.1. The SMILES string of the molecule is C[C@H](CC#N)[C@@H](NC(=O)c1cc(Br)cc(Br)c1)C(=O)O. The molecular weight excluding hydrogens is 392 g/mol.